The highest BCUT2D eigenvalue weighted by Crippen LogP contribution is 2.39. The summed E-state index contributed by atoms with van der Waals surface area (Å²) in [5.74, 6) is 1.31. The highest BCUT2D eigenvalue weighted by molar-refractivity contribution is 5.81. The Balaban J connectivity index is 1.65. The molecule has 0 radical (unpaired) electrons. The lowest BCUT2D eigenvalue weighted by molar-refractivity contribution is -0.135. The van der Waals surface area contributed by atoms with Gasteiger partial charge in [0.25, 0.3) is 0 Å². The molecule has 2 fully saturated rings. The number of carbonyl (C=O) groups excluding carboxylic acids is 1. The Kier molecular flexibility index (Phi) is 4.40. The number of carbonyl (C=O) groups is 1. The van der Waals surface area contributed by atoms with Crippen molar-refractivity contribution in [2.24, 2.45) is 17.6 Å². The van der Waals surface area contributed by atoms with Crippen LogP contribution in [0.2, 0.25) is 0 Å². The first-order valence-electron chi connectivity index (χ1n) is 6.83. The third-order valence-electron chi connectivity index (χ3n) is 3.88. The highest BCUT2D eigenvalue weighted by atomic mass is 16.5. The second-order valence-electron chi connectivity index (χ2n) is 5.36. The summed E-state index contributed by atoms with van der Waals surface area (Å²) >= 11 is 0. The first kappa shape index (κ1) is 12.8. The lowest BCUT2D eigenvalue weighted by atomic mass is 10.1. The molecule has 1 heterocycles. The predicted octanol–water partition coefficient (Wildman–Crippen LogP) is 0.999. The Bertz CT molecular complexity index is 262. The van der Waals surface area contributed by atoms with Crippen molar-refractivity contribution in [2.75, 3.05) is 26.2 Å². The van der Waals surface area contributed by atoms with Gasteiger partial charge in [-0.1, -0.05) is 6.92 Å². The van der Waals surface area contributed by atoms with E-state index in [-0.39, 0.29) is 0 Å². The second kappa shape index (κ2) is 5.83. The molecule has 4 nitrogen and oxygen atoms in total. The van der Waals surface area contributed by atoms with Crippen molar-refractivity contribution in [3.8, 4) is 0 Å². The molecule has 4 heteroatoms. The smallest absolute Gasteiger partial charge is 0.225 e. The van der Waals surface area contributed by atoms with Gasteiger partial charge in [0.1, 0.15) is 0 Å². The minimum Gasteiger partial charge on any atom is -0.378 e. The van der Waals surface area contributed by atoms with Gasteiger partial charge in [-0.3, -0.25) is 4.79 Å². The lowest BCUT2D eigenvalue weighted by Gasteiger charge is -2.32. The number of amides is 1. The molecule has 17 heavy (non-hydrogen) atoms. The summed E-state index contributed by atoms with van der Waals surface area (Å²) < 4.78 is 5.73. The Labute approximate surface area is 103 Å². The SMILES string of the molecule is CC1CC1C(=O)N1CCC(OCCCN)CC1. The maximum Gasteiger partial charge on any atom is 0.225 e. The van der Waals surface area contributed by atoms with Gasteiger partial charge in [0, 0.05) is 25.6 Å². The minimum atomic E-state index is 0.324. The third kappa shape index (κ3) is 3.42. The summed E-state index contributed by atoms with van der Waals surface area (Å²) in [7, 11) is 0. The van der Waals surface area contributed by atoms with Crippen LogP contribution in [0.3, 0.4) is 0 Å². The van der Waals surface area contributed by atoms with Crippen LogP contribution in [0.1, 0.15) is 32.6 Å². The average Bonchev–Trinajstić information content (AvgIpc) is 3.07. The Hall–Kier alpha value is -0.610. The standard InChI is InChI=1S/C13H24N2O2/c1-10-9-12(10)13(16)15-6-3-11(4-7-15)17-8-2-5-14/h10-12H,2-9,14H2,1H3. The quantitative estimate of drug-likeness (QED) is 0.729. The van der Waals surface area contributed by atoms with Crippen LogP contribution in [-0.4, -0.2) is 43.2 Å². The molecule has 0 aromatic carbocycles. The monoisotopic (exact) mass is 240 g/mol. The van der Waals surface area contributed by atoms with E-state index in [0.29, 0.717) is 30.4 Å². The first-order valence-corrected chi connectivity index (χ1v) is 6.83. The van der Waals surface area contributed by atoms with E-state index in [9.17, 15) is 4.79 Å². The number of nitrogens with zero attached hydrogens (tertiary/aromatic N) is 1. The van der Waals surface area contributed by atoms with E-state index in [2.05, 4.69) is 6.92 Å². The van der Waals surface area contributed by atoms with E-state index in [1.54, 1.807) is 0 Å². The molecule has 1 aliphatic carbocycles. The average molecular weight is 240 g/mol. The molecule has 1 saturated heterocycles. The summed E-state index contributed by atoms with van der Waals surface area (Å²) in [6.07, 6.45) is 4.32. The topological polar surface area (TPSA) is 55.6 Å². The molecule has 2 unspecified atom stereocenters. The summed E-state index contributed by atoms with van der Waals surface area (Å²) in [4.78, 5) is 14.0. The number of piperidine rings is 1. The van der Waals surface area contributed by atoms with Gasteiger partial charge in [0.2, 0.25) is 5.91 Å². The first-order chi connectivity index (χ1) is 8.22. The molecule has 1 saturated carbocycles. The number of hydrogen-bond donors (Lipinski definition) is 1. The van der Waals surface area contributed by atoms with Gasteiger partial charge in [-0.15, -0.1) is 0 Å². The van der Waals surface area contributed by atoms with Crippen molar-refractivity contribution >= 4 is 5.91 Å². The Morgan fingerprint density at radius 3 is 2.59 bits per heavy atom. The number of likely N-dealkylation sites (tertiary alicyclic amines) is 1. The second-order valence-corrected chi connectivity index (χ2v) is 5.36. The van der Waals surface area contributed by atoms with E-state index in [1.807, 2.05) is 4.90 Å². The zero-order chi connectivity index (χ0) is 12.3. The number of rotatable bonds is 5. The van der Waals surface area contributed by atoms with Crippen LogP contribution < -0.4 is 5.73 Å². The van der Waals surface area contributed by atoms with E-state index in [0.717, 1.165) is 45.4 Å². The predicted molar refractivity (Wildman–Crippen MR) is 66.5 cm³/mol. The molecule has 2 aliphatic rings. The summed E-state index contributed by atoms with van der Waals surface area (Å²) in [6, 6.07) is 0. The molecule has 0 aromatic heterocycles. The highest BCUT2D eigenvalue weighted by Gasteiger charge is 2.42. The maximum atomic E-state index is 12.0. The van der Waals surface area contributed by atoms with Crippen LogP contribution in [0.4, 0.5) is 0 Å². The van der Waals surface area contributed by atoms with Crippen LogP contribution in [0.15, 0.2) is 0 Å². The molecule has 2 rings (SSSR count). The van der Waals surface area contributed by atoms with Crippen molar-refractivity contribution in [3.05, 3.63) is 0 Å². The molecule has 1 amide bonds. The zero-order valence-electron chi connectivity index (χ0n) is 10.7. The normalized spacial score (nSPS) is 29.4. The lowest BCUT2D eigenvalue weighted by Crippen LogP contribution is -2.42. The third-order valence-corrected chi connectivity index (χ3v) is 3.88. The molecule has 0 aromatic rings. The minimum absolute atomic E-state index is 0.324. The van der Waals surface area contributed by atoms with Gasteiger partial charge in [-0.2, -0.15) is 0 Å². The molecular weight excluding hydrogens is 216 g/mol. The number of hydrogen-bond acceptors (Lipinski definition) is 3. The molecule has 2 N–H and O–H groups in total. The van der Waals surface area contributed by atoms with Crippen molar-refractivity contribution in [1.29, 1.82) is 0 Å². The Morgan fingerprint density at radius 2 is 2.06 bits per heavy atom. The van der Waals surface area contributed by atoms with Crippen molar-refractivity contribution in [1.82, 2.24) is 4.90 Å². The van der Waals surface area contributed by atoms with Gasteiger partial charge < -0.3 is 15.4 Å². The van der Waals surface area contributed by atoms with Crippen LogP contribution in [-0.2, 0) is 9.53 Å². The van der Waals surface area contributed by atoms with E-state index < -0.39 is 0 Å². The van der Waals surface area contributed by atoms with Crippen LogP contribution in [0.5, 0.6) is 0 Å². The molecule has 98 valence electrons. The molecule has 2 atom stereocenters. The fourth-order valence-corrected chi connectivity index (χ4v) is 2.48. The van der Waals surface area contributed by atoms with Crippen LogP contribution >= 0.6 is 0 Å². The zero-order valence-corrected chi connectivity index (χ0v) is 10.7. The van der Waals surface area contributed by atoms with E-state index in [1.165, 1.54) is 0 Å². The fraction of sp³-hybridized carbons (Fsp3) is 0.923. The number of nitrogens with two attached hydrogens (primary N) is 1. The maximum absolute atomic E-state index is 12.0. The summed E-state index contributed by atoms with van der Waals surface area (Å²) in [5.41, 5.74) is 5.43. The van der Waals surface area contributed by atoms with Crippen molar-refractivity contribution < 1.29 is 9.53 Å². The van der Waals surface area contributed by atoms with Gasteiger partial charge in [-0.25, -0.2) is 0 Å². The van der Waals surface area contributed by atoms with Gasteiger partial charge >= 0.3 is 0 Å². The fourth-order valence-electron chi connectivity index (χ4n) is 2.48. The van der Waals surface area contributed by atoms with E-state index in [4.69, 9.17) is 10.5 Å². The summed E-state index contributed by atoms with van der Waals surface area (Å²) in [5, 5.41) is 0. The van der Waals surface area contributed by atoms with Gasteiger partial charge in [0.05, 0.1) is 6.10 Å². The van der Waals surface area contributed by atoms with Gasteiger partial charge in [0.15, 0.2) is 0 Å². The number of ether oxygens (including phenoxy) is 1. The Morgan fingerprint density at radius 1 is 1.41 bits per heavy atom. The molecule has 0 bridgehead atoms. The van der Waals surface area contributed by atoms with Crippen LogP contribution in [0, 0.1) is 11.8 Å². The van der Waals surface area contributed by atoms with E-state index >= 15 is 0 Å². The summed E-state index contributed by atoms with van der Waals surface area (Å²) in [6.45, 7) is 5.35. The molecule has 1 aliphatic heterocycles. The van der Waals surface area contributed by atoms with Crippen LogP contribution in [0.25, 0.3) is 0 Å². The molecular formula is C13H24N2O2. The largest absolute Gasteiger partial charge is 0.378 e. The molecule has 0 spiro atoms. The van der Waals surface area contributed by atoms with Gasteiger partial charge in [-0.05, 0) is 38.1 Å². The van der Waals surface area contributed by atoms with Crippen molar-refractivity contribution in [2.45, 2.75) is 38.7 Å². The van der Waals surface area contributed by atoms with Crippen molar-refractivity contribution in [3.63, 3.8) is 0 Å².